The molecule has 7 nitrogen and oxygen atoms in total. The maximum atomic E-state index is 13.8. The van der Waals surface area contributed by atoms with E-state index in [4.69, 9.17) is 0 Å². The molecule has 1 atom stereocenters. The van der Waals surface area contributed by atoms with E-state index in [1.54, 1.807) is 34.1 Å². The highest BCUT2D eigenvalue weighted by Crippen LogP contribution is 2.26. The molecule has 2 N–H and O–H groups in total. The summed E-state index contributed by atoms with van der Waals surface area (Å²) in [5, 5.41) is 18.6. The molecule has 3 heterocycles. The number of hydrogen-bond acceptors (Lipinski definition) is 4. The van der Waals surface area contributed by atoms with Gasteiger partial charge in [-0.2, -0.15) is 0 Å². The third-order valence-corrected chi connectivity index (χ3v) is 4.39. The lowest BCUT2D eigenvalue weighted by atomic mass is 10.0. The number of likely N-dealkylation sites (tertiary alicyclic amines) is 1. The molecular formula is C16H16FN5O2. The second-order valence-corrected chi connectivity index (χ2v) is 6.19. The van der Waals surface area contributed by atoms with E-state index in [1.165, 1.54) is 12.1 Å². The number of fused-ring (bicyclic) bond motifs is 1. The van der Waals surface area contributed by atoms with Gasteiger partial charge in [0.25, 0.3) is 5.91 Å². The number of aliphatic hydroxyl groups is 1. The fourth-order valence-corrected chi connectivity index (χ4v) is 3.18. The first kappa shape index (κ1) is 14.8. The van der Waals surface area contributed by atoms with E-state index in [2.05, 4.69) is 15.3 Å². The smallest absolute Gasteiger partial charge is 0.270 e. The summed E-state index contributed by atoms with van der Waals surface area (Å²) in [4.78, 5) is 17.2. The van der Waals surface area contributed by atoms with Crippen LogP contribution in [0.3, 0.4) is 0 Å². The van der Waals surface area contributed by atoms with Crippen LogP contribution in [0.15, 0.2) is 36.7 Å². The van der Waals surface area contributed by atoms with Gasteiger partial charge in [-0.1, -0.05) is 11.3 Å². The van der Waals surface area contributed by atoms with Crippen LogP contribution in [0.25, 0.3) is 10.9 Å². The minimum atomic E-state index is -1.04. The molecule has 1 aliphatic rings. The number of aromatic amines is 1. The summed E-state index contributed by atoms with van der Waals surface area (Å²) in [5.41, 5.74) is -0.142. The Morgan fingerprint density at radius 3 is 3.08 bits per heavy atom. The van der Waals surface area contributed by atoms with Gasteiger partial charge in [0.15, 0.2) is 0 Å². The Morgan fingerprint density at radius 2 is 2.33 bits per heavy atom. The number of nitrogens with one attached hydrogen (secondary N) is 1. The van der Waals surface area contributed by atoms with Crippen molar-refractivity contribution in [2.24, 2.45) is 0 Å². The summed E-state index contributed by atoms with van der Waals surface area (Å²) >= 11 is 0. The van der Waals surface area contributed by atoms with Crippen LogP contribution in [-0.4, -0.2) is 54.6 Å². The molecule has 1 aromatic carbocycles. The molecule has 24 heavy (non-hydrogen) atoms. The number of nitrogens with zero attached hydrogens (tertiary/aromatic N) is 4. The van der Waals surface area contributed by atoms with E-state index >= 15 is 0 Å². The molecule has 0 radical (unpaired) electrons. The highest BCUT2D eigenvalue weighted by Gasteiger charge is 2.39. The molecule has 0 spiro atoms. The van der Waals surface area contributed by atoms with Crippen LogP contribution in [-0.2, 0) is 6.54 Å². The third kappa shape index (κ3) is 2.54. The second-order valence-electron chi connectivity index (χ2n) is 6.19. The SMILES string of the molecule is O=C(c1cc2c(F)cccc2[nH]1)N1CCC(O)(Cn2ccnn2)C1. The number of aromatic nitrogens is 4. The fourth-order valence-electron chi connectivity index (χ4n) is 3.18. The first-order chi connectivity index (χ1) is 11.5. The largest absolute Gasteiger partial charge is 0.386 e. The number of amides is 1. The van der Waals surface area contributed by atoms with Gasteiger partial charge in [-0.3, -0.25) is 4.79 Å². The molecule has 1 unspecified atom stereocenters. The van der Waals surface area contributed by atoms with Gasteiger partial charge >= 0.3 is 0 Å². The van der Waals surface area contributed by atoms with Gasteiger partial charge in [-0.25, -0.2) is 9.07 Å². The maximum Gasteiger partial charge on any atom is 0.270 e. The van der Waals surface area contributed by atoms with Crippen molar-refractivity contribution in [2.45, 2.75) is 18.6 Å². The Kier molecular flexibility index (Phi) is 3.34. The van der Waals surface area contributed by atoms with E-state index < -0.39 is 5.60 Å². The van der Waals surface area contributed by atoms with Crippen LogP contribution in [0, 0.1) is 5.82 Å². The number of benzene rings is 1. The van der Waals surface area contributed by atoms with Crippen LogP contribution in [0.1, 0.15) is 16.9 Å². The van der Waals surface area contributed by atoms with Crippen molar-refractivity contribution in [3.63, 3.8) is 0 Å². The topological polar surface area (TPSA) is 87.0 Å². The van der Waals surface area contributed by atoms with Gasteiger partial charge in [0, 0.05) is 23.6 Å². The van der Waals surface area contributed by atoms with Crippen molar-refractivity contribution in [1.82, 2.24) is 24.9 Å². The molecule has 0 bridgehead atoms. The summed E-state index contributed by atoms with van der Waals surface area (Å²) in [7, 11) is 0. The van der Waals surface area contributed by atoms with E-state index in [0.29, 0.717) is 29.6 Å². The van der Waals surface area contributed by atoms with Crippen molar-refractivity contribution in [3.8, 4) is 0 Å². The number of carbonyl (C=O) groups excluding carboxylic acids is 1. The zero-order valence-corrected chi connectivity index (χ0v) is 12.8. The Hall–Kier alpha value is -2.74. The average molecular weight is 329 g/mol. The molecule has 1 aliphatic heterocycles. The number of carbonyl (C=O) groups is 1. The van der Waals surface area contributed by atoms with Gasteiger partial charge in [-0.15, -0.1) is 5.10 Å². The summed E-state index contributed by atoms with van der Waals surface area (Å²) in [6.45, 7) is 0.906. The monoisotopic (exact) mass is 329 g/mol. The standard InChI is InChI=1S/C16H16FN5O2/c17-12-2-1-3-13-11(12)8-14(19-13)15(23)21-6-4-16(24,9-21)10-22-7-5-18-20-22/h1-3,5,7-8,19,24H,4,6,9-10H2. The van der Waals surface area contributed by atoms with Crippen LogP contribution < -0.4 is 0 Å². The van der Waals surface area contributed by atoms with E-state index in [0.717, 1.165) is 0 Å². The highest BCUT2D eigenvalue weighted by atomic mass is 19.1. The van der Waals surface area contributed by atoms with Crippen molar-refractivity contribution in [2.75, 3.05) is 13.1 Å². The first-order valence-corrected chi connectivity index (χ1v) is 7.67. The van der Waals surface area contributed by atoms with Crippen molar-refractivity contribution < 1.29 is 14.3 Å². The minimum Gasteiger partial charge on any atom is -0.386 e. The number of hydrogen-bond donors (Lipinski definition) is 2. The number of β-amino-alcohol motifs (C(OH)–C–C–N with tert-alkyl or cyclic N) is 1. The molecular weight excluding hydrogens is 313 g/mol. The third-order valence-electron chi connectivity index (χ3n) is 4.39. The summed E-state index contributed by atoms with van der Waals surface area (Å²) in [6.07, 6.45) is 3.66. The lowest BCUT2D eigenvalue weighted by molar-refractivity contribution is 0.0266. The Bertz CT molecular complexity index is 891. The molecule has 124 valence electrons. The quantitative estimate of drug-likeness (QED) is 0.755. The van der Waals surface area contributed by atoms with Crippen LogP contribution >= 0.6 is 0 Å². The Labute approximate surface area is 136 Å². The first-order valence-electron chi connectivity index (χ1n) is 7.67. The predicted octanol–water partition coefficient (Wildman–Crippen LogP) is 1.18. The van der Waals surface area contributed by atoms with Crippen LogP contribution in [0.4, 0.5) is 4.39 Å². The van der Waals surface area contributed by atoms with Crippen molar-refractivity contribution >= 4 is 16.8 Å². The zero-order valence-electron chi connectivity index (χ0n) is 12.8. The van der Waals surface area contributed by atoms with Gasteiger partial charge in [0.1, 0.15) is 17.1 Å². The minimum absolute atomic E-state index is 0.198. The molecule has 1 fully saturated rings. The summed E-state index contributed by atoms with van der Waals surface area (Å²) in [6, 6.07) is 6.19. The number of rotatable bonds is 3. The molecule has 8 heteroatoms. The number of halogens is 1. The molecule has 3 aromatic rings. The van der Waals surface area contributed by atoms with Crippen LogP contribution in [0.5, 0.6) is 0 Å². The molecule has 4 rings (SSSR count). The highest BCUT2D eigenvalue weighted by molar-refractivity contribution is 5.98. The summed E-state index contributed by atoms with van der Waals surface area (Å²) < 4.78 is 15.3. The van der Waals surface area contributed by atoms with Crippen LogP contribution in [0.2, 0.25) is 0 Å². The zero-order chi connectivity index (χ0) is 16.7. The molecule has 2 aromatic heterocycles. The normalized spacial score (nSPS) is 20.8. The molecule has 1 saturated heterocycles. The van der Waals surface area contributed by atoms with Crippen molar-refractivity contribution in [3.05, 3.63) is 48.2 Å². The van der Waals surface area contributed by atoms with Crippen molar-refractivity contribution in [1.29, 1.82) is 0 Å². The lowest BCUT2D eigenvalue weighted by Gasteiger charge is -2.22. The van der Waals surface area contributed by atoms with Gasteiger partial charge < -0.3 is 15.0 Å². The molecule has 0 saturated carbocycles. The maximum absolute atomic E-state index is 13.8. The lowest BCUT2D eigenvalue weighted by Crippen LogP contribution is -2.39. The van der Waals surface area contributed by atoms with E-state index in [1.807, 2.05) is 0 Å². The van der Waals surface area contributed by atoms with Gasteiger partial charge in [0.2, 0.25) is 0 Å². The molecule has 1 amide bonds. The average Bonchev–Trinajstić information content (AvgIpc) is 3.27. The summed E-state index contributed by atoms with van der Waals surface area (Å²) in [5.74, 6) is -0.618. The predicted molar refractivity (Wildman–Crippen MR) is 83.7 cm³/mol. The van der Waals surface area contributed by atoms with E-state index in [9.17, 15) is 14.3 Å². The molecule has 0 aliphatic carbocycles. The fraction of sp³-hybridized carbons (Fsp3) is 0.312. The van der Waals surface area contributed by atoms with Gasteiger partial charge in [-0.05, 0) is 24.6 Å². The number of H-pyrrole nitrogens is 1. The Morgan fingerprint density at radius 1 is 1.46 bits per heavy atom. The second kappa shape index (κ2) is 5.41. The Balaban J connectivity index is 1.53. The van der Waals surface area contributed by atoms with Gasteiger partial charge in [0.05, 0.1) is 19.3 Å². The van der Waals surface area contributed by atoms with E-state index in [-0.39, 0.29) is 24.8 Å².